The number of hydrogen-bond acceptors (Lipinski definition) is 6. The average Bonchev–Trinajstić information content (AvgIpc) is 3.35. The molecule has 0 bridgehead atoms. The lowest BCUT2D eigenvalue weighted by atomic mass is 10.0. The monoisotopic (exact) mass is 505 g/mol. The number of para-hydroxylation sites is 2. The summed E-state index contributed by atoms with van der Waals surface area (Å²) in [6.07, 6.45) is -0.487. The van der Waals surface area contributed by atoms with Gasteiger partial charge >= 0.3 is 0 Å². The number of carbonyl (C=O) groups is 1. The number of rotatable bonds is 8. The Morgan fingerprint density at radius 2 is 1.55 bits per heavy atom. The van der Waals surface area contributed by atoms with Gasteiger partial charge in [-0.2, -0.15) is 0 Å². The number of amidine groups is 1. The summed E-state index contributed by atoms with van der Waals surface area (Å²) in [7, 11) is 1.64. The molecule has 0 aliphatic carbocycles. The molecular formula is C32H31N3O3. The van der Waals surface area contributed by atoms with Gasteiger partial charge in [-0.1, -0.05) is 66.7 Å². The van der Waals surface area contributed by atoms with Crippen molar-refractivity contribution < 1.29 is 14.3 Å². The number of Topliss-reactive ketones (excluding diaryl/α,β-unsaturated/α-hetero) is 1. The standard InChI is InChI=1S/C32H31N3O3/c1-22-18-19-27(20-23(22)2)34-31(24(3)36)33-35(26-14-9-6-10-15-26)32(34)28-16-11-17-29(37-4)30(28)38-21-25-12-7-5-8-13-25/h5-20,32H,21H2,1-4H3/t32-/m1/s1. The van der Waals surface area contributed by atoms with E-state index < -0.39 is 6.17 Å². The fourth-order valence-electron chi connectivity index (χ4n) is 4.64. The normalized spacial score (nSPS) is 14.8. The zero-order valence-corrected chi connectivity index (χ0v) is 22.1. The Morgan fingerprint density at radius 3 is 2.21 bits per heavy atom. The Morgan fingerprint density at radius 1 is 0.842 bits per heavy atom. The molecule has 1 atom stereocenters. The molecule has 0 saturated carbocycles. The SMILES string of the molecule is COc1cccc([C@H]2N(c3ccccc3)N=C(C(C)=O)N2c2ccc(C)c(C)c2)c1OCc1ccccc1. The molecule has 1 heterocycles. The van der Waals surface area contributed by atoms with Crippen LogP contribution >= 0.6 is 0 Å². The fourth-order valence-corrected chi connectivity index (χ4v) is 4.64. The number of carbonyl (C=O) groups excluding carboxylic acids is 1. The number of anilines is 2. The maximum absolute atomic E-state index is 13.0. The molecule has 38 heavy (non-hydrogen) atoms. The predicted molar refractivity (Wildman–Crippen MR) is 152 cm³/mol. The summed E-state index contributed by atoms with van der Waals surface area (Å²) in [5, 5.41) is 6.76. The smallest absolute Gasteiger partial charge is 0.198 e. The number of methoxy groups -OCH3 is 1. The van der Waals surface area contributed by atoms with Gasteiger partial charge in [0.05, 0.1) is 12.8 Å². The first-order valence-corrected chi connectivity index (χ1v) is 12.6. The lowest BCUT2D eigenvalue weighted by molar-refractivity contribution is -0.111. The minimum atomic E-state index is -0.487. The maximum Gasteiger partial charge on any atom is 0.198 e. The molecule has 4 aromatic carbocycles. The fraction of sp³-hybridized carbons (Fsp3) is 0.188. The first-order valence-electron chi connectivity index (χ1n) is 12.6. The van der Waals surface area contributed by atoms with Crippen LogP contribution in [0.25, 0.3) is 0 Å². The highest BCUT2D eigenvalue weighted by molar-refractivity contribution is 6.44. The summed E-state index contributed by atoms with van der Waals surface area (Å²) in [4.78, 5) is 15.0. The van der Waals surface area contributed by atoms with Crippen molar-refractivity contribution in [1.29, 1.82) is 0 Å². The molecule has 0 N–H and O–H groups in total. The summed E-state index contributed by atoms with van der Waals surface area (Å²) >= 11 is 0. The first kappa shape index (κ1) is 25.1. The van der Waals surface area contributed by atoms with E-state index in [0.717, 1.165) is 28.1 Å². The van der Waals surface area contributed by atoms with Crippen LogP contribution in [0.5, 0.6) is 11.5 Å². The summed E-state index contributed by atoms with van der Waals surface area (Å²) in [6, 6.07) is 31.9. The van der Waals surface area contributed by atoms with Crippen molar-refractivity contribution in [2.24, 2.45) is 5.10 Å². The number of benzene rings is 4. The van der Waals surface area contributed by atoms with Crippen LogP contribution in [0.1, 0.15) is 35.3 Å². The zero-order chi connectivity index (χ0) is 26.6. The van der Waals surface area contributed by atoms with Crippen LogP contribution in [0, 0.1) is 13.8 Å². The third kappa shape index (κ3) is 4.85. The maximum atomic E-state index is 13.0. The summed E-state index contributed by atoms with van der Waals surface area (Å²) in [5.74, 6) is 1.46. The van der Waals surface area contributed by atoms with Crippen LogP contribution in [-0.4, -0.2) is 18.7 Å². The second kappa shape index (κ2) is 10.8. The second-order valence-electron chi connectivity index (χ2n) is 9.33. The molecule has 1 aliphatic heterocycles. The van der Waals surface area contributed by atoms with Gasteiger partial charge in [-0.05, 0) is 60.9 Å². The van der Waals surface area contributed by atoms with Gasteiger partial charge in [-0.15, -0.1) is 5.10 Å². The molecule has 0 saturated heterocycles. The molecule has 6 nitrogen and oxygen atoms in total. The van der Waals surface area contributed by atoms with Crippen molar-refractivity contribution in [2.45, 2.75) is 33.5 Å². The Bertz CT molecular complexity index is 1470. The number of ether oxygens (including phenoxy) is 2. The van der Waals surface area contributed by atoms with Gasteiger partial charge in [0.25, 0.3) is 0 Å². The average molecular weight is 506 g/mol. The van der Waals surface area contributed by atoms with Crippen LogP contribution in [0.4, 0.5) is 11.4 Å². The van der Waals surface area contributed by atoms with Crippen molar-refractivity contribution in [1.82, 2.24) is 0 Å². The van der Waals surface area contributed by atoms with E-state index in [2.05, 4.69) is 26.0 Å². The Balaban J connectivity index is 1.69. The molecular weight excluding hydrogens is 474 g/mol. The van der Waals surface area contributed by atoms with Gasteiger partial charge in [0.1, 0.15) is 6.61 Å². The molecule has 6 heteroatoms. The molecule has 0 spiro atoms. The van der Waals surface area contributed by atoms with Crippen molar-refractivity contribution in [3.8, 4) is 11.5 Å². The van der Waals surface area contributed by atoms with Crippen molar-refractivity contribution in [2.75, 3.05) is 17.0 Å². The molecule has 1 aliphatic rings. The van der Waals surface area contributed by atoms with Crippen molar-refractivity contribution in [3.05, 3.63) is 119 Å². The largest absolute Gasteiger partial charge is 0.493 e. The van der Waals surface area contributed by atoms with E-state index in [1.54, 1.807) is 14.0 Å². The molecule has 0 aromatic heterocycles. The third-order valence-electron chi connectivity index (χ3n) is 6.74. The van der Waals surface area contributed by atoms with E-state index in [-0.39, 0.29) is 5.78 Å². The second-order valence-corrected chi connectivity index (χ2v) is 9.33. The Kier molecular flexibility index (Phi) is 7.13. The van der Waals surface area contributed by atoms with Crippen molar-refractivity contribution in [3.63, 3.8) is 0 Å². The van der Waals surface area contributed by atoms with Crippen molar-refractivity contribution >= 4 is 23.0 Å². The predicted octanol–water partition coefficient (Wildman–Crippen LogP) is 6.82. The van der Waals surface area contributed by atoms with Gasteiger partial charge in [0, 0.05) is 18.2 Å². The highest BCUT2D eigenvalue weighted by Crippen LogP contribution is 2.45. The first-order chi connectivity index (χ1) is 18.5. The quantitative estimate of drug-likeness (QED) is 0.263. The minimum Gasteiger partial charge on any atom is -0.493 e. The van der Waals surface area contributed by atoms with Gasteiger partial charge in [0.15, 0.2) is 29.3 Å². The van der Waals surface area contributed by atoms with Gasteiger partial charge < -0.3 is 9.47 Å². The van der Waals surface area contributed by atoms with E-state index in [0.29, 0.717) is 23.9 Å². The van der Waals surface area contributed by atoms with E-state index >= 15 is 0 Å². The van der Waals surface area contributed by atoms with Crippen LogP contribution in [0.3, 0.4) is 0 Å². The minimum absolute atomic E-state index is 0.124. The number of aryl methyl sites for hydroxylation is 2. The molecule has 0 amide bonds. The van der Waals surface area contributed by atoms with Gasteiger partial charge in [-0.25, -0.2) is 5.01 Å². The number of nitrogens with zero attached hydrogens (tertiary/aromatic N) is 3. The van der Waals surface area contributed by atoms with Crippen LogP contribution in [-0.2, 0) is 11.4 Å². The number of hydrazone groups is 1. The van der Waals surface area contributed by atoms with E-state index in [1.165, 1.54) is 5.56 Å². The molecule has 192 valence electrons. The summed E-state index contributed by atoms with van der Waals surface area (Å²) in [6.45, 7) is 6.07. The Labute approximate surface area is 223 Å². The summed E-state index contributed by atoms with van der Waals surface area (Å²) in [5.41, 5.74) is 5.93. The highest BCUT2D eigenvalue weighted by atomic mass is 16.5. The highest BCUT2D eigenvalue weighted by Gasteiger charge is 2.41. The zero-order valence-electron chi connectivity index (χ0n) is 22.1. The lowest BCUT2D eigenvalue weighted by Crippen LogP contribution is -2.38. The van der Waals surface area contributed by atoms with Crippen LogP contribution in [0.2, 0.25) is 0 Å². The van der Waals surface area contributed by atoms with E-state index in [9.17, 15) is 4.79 Å². The summed E-state index contributed by atoms with van der Waals surface area (Å²) < 4.78 is 12.2. The molecule has 5 rings (SSSR count). The van der Waals surface area contributed by atoms with Crippen LogP contribution < -0.4 is 19.4 Å². The van der Waals surface area contributed by atoms with Crippen LogP contribution in [0.15, 0.2) is 102 Å². The van der Waals surface area contributed by atoms with Gasteiger partial charge in [-0.3, -0.25) is 9.69 Å². The lowest BCUT2D eigenvalue weighted by Gasteiger charge is -2.33. The Hall–Kier alpha value is -4.58. The third-order valence-corrected chi connectivity index (χ3v) is 6.74. The number of hydrogen-bond donors (Lipinski definition) is 0. The van der Waals surface area contributed by atoms with Gasteiger partial charge in [0.2, 0.25) is 0 Å². The van der Waals surface area contributed by atoms with E-state index in [4.69, 9.17) is 14.6 Å². The topological polar surface area (TPSA) is 54.4 Å². The number of ketones is 1. The van der Waals surface area contributed by atoms with E-state index in [1.807, 2.05) is 94.8 Å². The molecule has 0 unspecified atom stereocenters. The molecule has 4 aromatic rings. The molecule has 0 radical (unpaired) electrons. The molecule has 0 fully saturated rings.